The van der Waals surface area contributed by atoms with Crippen LogP contribution in [0, 0.1) is 0 Å². The van der Waals surface area contributed by atoms with Crippen LogP contribution in [0.2, 0.25) is 0 Å². The van der Waals surface area contributed by atoms with E-state index in [1.54, 1.807) is 7.11 Å². The molecule has 1 saturated carbocycles. The van der Waals surface area contributed by atoms with Gasteiger partial charge in [0.2, 0.25) is 0 Å². The van der Waals surface area contributed by atoms with Gasteiger partial charge in [-0.3, -0.25) is 9.20 Å². The zero-order chi connectivity index (χ0) is 20.2. The average Bonchev–Trinajstić information content (AvgIpc) is 2.73. The number of methoxy groups -OCH3 is 1. The molecule has 0 saturated heterocycles. The van der Waals surface area contributed by atoms with E-state index in [1.165, 1.54) is 0 Å². The maximum Gasteiger partial charge on any atom is 0.191 e. The highest BCUT2D eigenvalue weighted by molar-refractivity contribution is 7.85. The zero-order valence-corrected chi connectivity index (χ0v) is 18.2. The second kappa shape index (κ2) is 12.8. The standard InChI is InChI=1S/C21H35N3O3S/c1-4-22-21(24-18-9-7-11-20(15-18)28(25)5-2)23-12-13-27-16-17-8-6-10-19(14-17)26-3/h6,8,10,14,18,20H,4-5,7,9,11-13,15-16H2,1-3H3,(H2,22,23,24). The quantitative estimate of drug-likeness (QED) is 0.353. The molecule has 0 radical (unpaired) electrons. The van der Waals surface area contributed by atoms with E-state index in [0.29, 0.717) is 31.1 Å². The van der Waals surface area contributed by atoms with Gasteiger partial charge in [0, 0.05) is 34.4 Å². The monoisotopic (exact) mass is 409 g/mol. The molecule has 1 aromatic rings. The Balaban J connectivity index is 1.77. The predicted molar refractivity (Wildman–Crippen MR) is 116 cm³/mol. The highest BCUT2D eigenvalue weighted by Crippen LogP contribution is 2.23. The lowest BCUT2D eigenvalue weighted by Gasteiger charge is -2.30. The number of aliphatic imine (C=N–C) groups is 1. The Morgan fingerprint density at radius 2 is 2.18 bits per heavy atom. The summed E-state index contributed by atoms with van der Waals surface area (Å²) in [5.41, 5.74) is 1.09. The van der Waals surface area contributed by atoms with Crippen LogP contribution in [0.4, 0.5) is 0 Å². The summed E-state index contributed by atoms with van der Waals surface area (Å²) in [4.78, 5) is 4.63. The van der Waals surface area contributed by atoms with Crippen LogP contribution in [-0.2, 0) is 22.1 Å². The summed E-state index contributed by atoms with van der Waals surface area (Å²) in [6, 6.07) is 8.23. The molecule has 1 fully saturated rings. The second-order valence-electron chi connectivity index (χ2n) is 6.96. The van der Waals surface area contributed by atoms with Crippen molar-refractivity contribution in [1.82, 2.24) is 10.6 Å². The van der Waals surface area contributed by atoms with Gasteiger partial charge in [-0.2, -0.15) is 0 Å². The largest absolute Gasteiger partial charge is 0.497 e. The average molecular weight is 410 g/mol. The molecule has 3 atom stereocenters. The van der Waals surface area contributed by atoms with Crippen molar-refractivity contribution in [2.45, 2.75) is 57.4 Å². The molecule has 7 heteroatoms. The van der Waals surface area contributed by atoms with Crippen LogP contribution >= 0.6 is 0 Å². The summed E-state index contributed by atoms with van der Waals surface area (Å²) in [7, 11) is 0.954. The predicted octanol–water partition coefficient (Wildman–Crippen LogP) is 2.85. The fourth-order valence-electron chi connectivity index (χ4n) is 3.44. The molecular weight excluding hydrogens is 374 g/mol. The number of rotatable bonds is 10. The maximum absolute atomic E-state index is 12.1. The highest BCUT2D eigenvalue weighted by atomic mass is 32.2. The SMILES string of the molecule is CCNC(=NCCOCc1cccc(OC)c1)NC1CCCC(S(=O)CC)C1. The van der Waals surface area contributed by atoms with Crippen molar-refractivity contribution in [2.24, 2.45) is 4.99 Å². The van der Waals surface area contributed by atoms with Gasteiger partial charge in [0.1, 0.15) is 5.75 Å². The zero-order valence-electron chi connectivity index (χ0n) is 17.4. The van der Waals surface area contributed by atoms with Crippen molar-refractivity contribution in [3.05, 3.63) is 29.8 Å². The van der Waals surface area contributed by atoms with Crippen molar-refractivity contribution in [1.29, 1.82) is 0 Å². The lowest BCUT2D eigenvalue weighted by Crippen LogP contribution is -2.46. The van der Waals surface area contributed by atoms with Crippen molar-refractivity contribution in [2.75, 3.05) is 32.6 Å². The molecule has 1 aliphatic rings. The number of benzene rings is 1. The molecule has 3 unspecified atom stereocenters. The Kier molecular flexibility index (Phi) is 10.4. The van der Waals surface area contributed by atoms with Crippen LogP contribution < -0.4 is 15.4 Å². The summed E-state index contributed by atoms with van der Waals surface area (Å²) in [6.45, 7) is 6.57. The fourth-order valence-corrected chi connectivity index (χ4v) is 4.79. The Bertz CT molecular complexity index is 639. The second-order valence-corrected chi connectivity index (χ2v) is 8.97. The molecule has 158 valence electrons. The van der Waals surface area contributed by atoms with E-state index in [9.17, 15) is 4.21 Å². The summed E-state index contributed by atoms with van der Waals surface area (Å²) in [5.74, 6) is 2.41. The molecule has 1 aliphatic carbocycles. The minimum atomic E-state index is -0.711. The Morgan fingerprint density at radius 1 is 1.32 bits per heavy atom. The Morgan fingerprint density at radius 3 is 2.93 bits per heavy atom. The lowest BCUT2D eigenvalue weighted by molar-refractivity contribution is 0.128. The van der Waals surface area contributed by atoms with Gasteiger partial charge in [-0.05, 0) is 43.9 Å². The van der Waals surface area contributed by atoms with Crippen molar-refractivity contribution in [3.8, 4) is 5.75 Å². The van der Waals surface area contributed by atoms with Gasteiger partial charge in [0.25, 0.3) is 0 Å². The molecule has 2 rings (SSSR count). The minimum Gasteiger partial charge on any atom is -0.497 e. The summed E-state index contributed by atoms with van der Waals surface area (Å²) < 4.78 is 23.1. The van der Waals surface area contributed by atoms with Crippen molar-refractivity contribution in [3.63, 3.8) is 0 Å². The number of ether oxygens (including phenoxy) is 2. The first-order chi connectivity index (χ1) is 13.7. The third-order valence-corrected chi connectivity index (χ3v) is 6.62. The molecule has 0 aliphatic heterocycles. The molecule has 28 heavy (non-hydrogen) atoms. The van der Waals surface area contributed by atoms with E-state index in [4.69, 9.17) is 9.47 Å². The highest BCUT2D eigenvalue weighted by Gasteiger charge is 2.25. The van der Waals surface area contributed by atoms with Gasteiger partial charge in [-0.25, -0.2) is 0 Å². The van der Waals surface area contributed by atoms with Crippen LogP contribution in [-0.4, -0.2) is 54.0 Å². The van der Waals surface area contributed by atoms with E-state index < -0.39 is 10.8 Å². The first-order valence-electron chi connectivity index (χ1n) is 10.3. The molecule has 0 spiro atoms. The molecule has 1 aromatic carbocycles. The van der Waals surface area contributed by atoms with Crippen LogP contribution in [0.5, 0.6) is 5.75 Å². The van der Waals surface area contributed by atoms with Gasteiger partial charge in [0.05, 0.1) is 26.9 Å². The van der Waals surface area contributed by atoms with Crippen molar-refractivity contribution >= 4 is 16.8 Å². The topological polar surface area (TPSA) is 72.0 Å². The van der Waals surface area contributed by atoms with Gasteiger partial charge in [-0.1, -0.05) is 25.5 Å². The third-order valence-electron chi connectivity index (χ3n) is 4.88. The Hall–Kier alpha value is -1.60. The number of hydrogen-bond acceptors (Lipinski definition) is 4. The number of nitrogens with zero attached hydrogens (tertiary/aromatic N) is 1. The number of hydrogen-bond donors (Lipinski definition) is 2. The first-order valence-corrected chi connectivity index (χ1v) is 11.7. The number of guanidine groups is 1. The summed E-state index contributed by atoms with van der Waals surface area (Å²) in [6.07, 6.45) is 4.26. The third kappa shape index (κ3) is 7.80. The molecule has 0 aromatic heterocycles. The maximum atomic E-state index is 12.1. The van der Waals surface area contributed by atoms with E-state index in [1.807, 2.05) is 31.2 Å². The molecule has 0 heterocycles. The van der Waals surface area contributed by atoms with E-state index in [0.717, 1.165) is 55.3 Å². The van der Waals surface area contributed by atoms with Gasteiger partial charge in [0.15, 0.2) is 5.96 Å². The lowest BCUT2D eigenvalue weighted by atomic mass is 9.95. The molecule has 6 nitrogen and oxygen atoms in total. The molecule has 0 amide bonds. The Labute approximate surface area is 171 Å². The molecular formula is C21H35N3O3S. The molecule has 2 N–H and O–H groups in total. The summed E-state index contributed by atoms with van der Waals surface area (Å²) in [5, 5.41) is 7.13. The number of nitrogens with one attached hydrogen (secondary N) is 2. The molecule has 0 bridgehead atoms. The van der Waals surface area contributed by atoms with E-state index >= 15 is 0 Å². The fraction of sp³-hybridized carbons (Fsp3) is 0.667. The van der Waals surface area contributed by atoms with Gasteiger partial charge >= 0.3 is 0 Å². The minimum absolute atomic E-state index is 0.310. The van der Waals surface area contributed by atoms with Crippen LogP contribution in [0.15, 0.2) is 29.3 Å². The van der Waals surface area contributed by atoms with Crippen LogP contribution in [0.1, 0.15) is 45.1 Å². The van der Waals surface area contributed by atoms with E-state index in [2.05, 4.69) is 22.5 Å². The van der Waals surface area contributed by atoms with Gasteiger partial charge < -0.3 is 20.1 Å². The normalized spacial score (nSPS) is 21.2. The van der Waals surface area contributed by atoms with Crippen LogP contribution in [0.3, 0.4) is 0 Å². The van der Waals surface area contributed by atoms with E-state index in [-0.39, 0.29) is 0 Å². The smallest absolute Gasteiger partial charge is 0.191 e. The van der Waals surface area contributed by atoms with Crippen molar-refractivity contribution < 1.29 is 13.7 Å². The van der Waals surface area contributed by atoms with Crippen LogP contribution in [0.25, 0.3) is 0 Å². The summed E-state index contributed by atoms with van der Waals surface area (Å²) >= 11 is 0. The van der Waals surface area contributed by atoms with Gasteiger partial charge in [-0.15, -0.1) is 0 Å². The first kappa shape index (κ1) is 22.7.